The van der Waals surface area contributed by atoms with Crippen LogP contribution in [0, 0.1) is 0 Å². The smallest absolute Gasteiger partial charge is 0.227 e. The summed E-state index contributed by atoms with van der Waals surface area (Å²) < 4.78 is 5.41. The molecule has 2 rings (SSSR count). The molecular formula is C16H24N2O2. The van der Waals surface area contributed by atoms with Crippen LogP contribution in [0.1, 0.15) is 25.8 Å². The zero-order valence-corrected chi connectivity index (χ0v) is 12.4. The molecule has 110 valence electrons. The van der Waals surface area contributed by atoms with Crippen molar-refractivity contribution in [1.29, 1.82) is 0 Å². The molecule has 0 aromatic heterocycles. The molecule has 4 heteroatoms. The number of nitrogens with zero attached hydrogens (tertiary/aromatic N) is 1. The summed E-state index contributed by atoms with van der Waals surface area (Å²) >= 11 is 0. The van der Waals surface area contributed by atoms with Gasteiger partial charge in [0.15, 0.2) is 0 Å². The van der Waals surface area contributed by atoms with Crippen LogP contribution in [0.4, 0.5) is 0 Å². The van der Waals surface area contributed by atoms with E-state index in [4.69, 9.17) is 4.74 Å². The minimum atomic E-state index is 0.213. The Morgan fingerprint density at radius 2 is 2.10 bits per heavy atom. The van der Waals surface area contributed by atoms with E-state index < -0.39 is 0 Å². The number of hydrogen-bond acceptors (Lipinski definition) is 3. The molecule has 1 unspecified atom stereocenters. The Morgan fingerprint density at radius 3 is 2.65 bits per heavy atom. The summed E-state index contributed by atoms with van der Waals surface area (Å²) in [4.78, 5) is 14.4. The Hall–Kier alpha value is -1.55. The van der Waals surface area contributed by atoms with Crippen LogP contribution in [-0.4, -0.2) is 43.1 Å². The number of likely N-dealkylation sites (N-methyl/N-ethyl adjacent to an activating group) is 1. The third-order valence-electron chi connectivity index (χ3n) is 3.73. The van der Waals surface area contributed by atoms with Crippen molar-refractivity contribution in [2.45, 2.75) is 32.7 Å². The Balaban J connectivity index is 1.95. The molecule has 1 aromatic carbocycles. The summed E-state index contributed by atoms with van der Waals surface area (Å²) in [7, 11) is 0. The van der Waals surface area contributed by atoms with E-state index in [2.05, 4.69) is 12.2 Å². The number of hydrogen-bond donors (Lipinski definition) is 1. The normalized spacial score (nSPS) is 18.0. The third-order valence-corrected chi connectivity index (χ3v) is 3.73. The lowest BCUT2D eigenvalue weighted by Crippen LogP contribution is -2.42. The van der Waals surface area contributed by atoms with Gasteiger partial charge in [0.25, 0.3) is 0 Å². The summed E-state index contributed by atoms with van der Waals surface area (Å²) in [6.45, 7) is 7.39. The average molecular weight is 276 g/mol. The molecule has 0 bridgehead atoms. The van der Waals surface area contributed by atoms with Crippen molar-refractivity contribution in [1.82, 2.24) is 10.2 Å². The fraction of sp³-hybridized carbons (Fsp3) is 0.562. The topological polar surface area (TPSA) is 41.6 Å². The number of benzene rings is 1. The van der Waals surface area contributed by atoms with Crippen LogP contribution in [0.15, 0.2) is 24.3 Å². The zero-order chi connectivity index (χ0) is 14.4. The molecule has 0 spiro atoms. The molecule has 1 amide bonds. The van der Waals surface area contributed by atoms with Crippen LogP contribution in [0.5, 0.6) is 5.75 Å². The van der Waals surface area contributed by atoms with E-state index in [1.807, 2.05) is 36.1 Å². The number of amides is 1. The second-order valence-corrected chi connectivity index (χ2v) is 5.08. The maximum atomic E-state index is 12.4. The maximum Gasteiger partial charge on any atom is 0.227 e. The van der Waals surface area contributed by atoms with Gasteiger partial charge < -0.3 is 15.0 Å². The fourth-order valence-corrected chi connectivity index (χ4v) is 2.69. The summed E-state index contributed by atoms with van der Waals surface area (Å²) in [5.74, 6) is 1.07. The lowest BCUT2D eigenvalue weighted by molar-refractivity contribution is -0.132. The van der Waals surface area contributed by atoms with E-state index in [0.29, 0.717) is 19.1 Å². The second-order valence-electron chi connectivity index (χ2n) is 5.08. The first-order valence-electron chi connectivity index (χ1n) is 7.46. The molecule has 1 saturated heterocycles. The molecule has 1 fully saturated rings. The molecule has 0 aliphatic carbocycles. The van der Waals surface area contributed by atoms with E-state index in [1.54, 1.807) is 0 Å². The third kappa shape index (κ3) is 3.73. The first-order chi connectivity index (χ1) is 9.74. The molecule has 1 aromatic rings. The molecule has 0 radical (unpaired) electrons. The lowest BCUT2D eigenvalue weighted by Gasteiger charge is -2.27. The molecule has 20 heavy (non-hydrogen) atoms. The largest absolute Gasteiger partial charge is 0.494 e. The molecule has 4 nitrogen and oxygen atoms in total. The van der Waals surface area contributed by atoms with Crippen molar-refractivity contribution in [3.63, 3.8) is 0 Å². The predicted octanol–water partition coefficient (Wildman–Crippen LogP) is 1.84. The van der Waals surface area contributed by atoms with Crippen LogP contribution in [0.3, 0.4) is 0 Å². The van der Waals surface area contributed by atoms with Crippen molar-refractivity contribution in [2.75, 3.05) is 26.2 Å². The van der Waals surface area contributed by atoms with Gasteiger partial charge in [0.1, 0.15) is 5.75 Å². The van der Waals surface area contributed by atoms with Crippen molar-refractivity contribution in [3.05, 3.63) is 29.8 Å². The van der Waals surface area contributed by atoms with Crippen molar-refractivity contribution in [3.8, 4) is 5.75 Å². The Morgan fingerprint density at radius 1 is 1.35 bits per heavy atom. The minimum absolute atomic E-state index is 0.213. The number of nitrogens with one attached hydrogen (secondary N) is 1. The van der Waals surface area contributed by atoms with Crippen molar-refractivity contribution in [2.24, 2.45) is 0 Å². The summed E-state index contributed by atoms with van der Waals surface area (Å²) in [5.41, 5.74) is 1.04. The zero-order valence-electron chi connectivity index (χ0n) is 12.4. The molecule has 1 N–H and O–H groups in total. The Bertz CT molecular complexity index is 425. The van der Waals surface area contributed by atoms with Gasteiger partial charge in [0.2, 0.25) is 5.91 Å². The van der Waals surface area contributed by atoms with E-state index in [0.717, 1.165) is 37.4 Å². The summed E-state index contributed by atoms with van der Waals surface area (Å²) in [6.07, 6.45) is 1.53. The van der Waals surface area contributed by atoms with E-state index in [-0.39, 0.29) is 5.91 Å². The quantitative estimate of drug-likeness (QED) is 0.862. The highest BCUT2D eigenvalue weighted by molar-refractivity contribution is 5.79. The van der Waals surface area contributed by atoms with Gasteiger partial charge in [-0.25, -0.2) is 0 Å². The van der Waals surface area contributed by atoms with E-state index in [1.165, 1.54) is 0 Å². The van der Waals surface area contributed by atoms with Crippen molar-refractivity contribution >= 4 is 5.91 Å². The van der Waals surface area contributed by atoms with E-state index in [9.17, 15) is 4.79 Å². The van der Waals surface area contributed by atoms with Crippen LogP contribution >= 0.6 is 0 Å². The summed E-state index contributed by atoms with van der Waals surface area (Å²) in [6, 6.07) is 8.17. The Labute approximate surface area is 121 Å². The van der Waals surface area contributed by atoms with Gasteiger partial charge in [0.05, 0.1) is 13.0 Å². The maximum absolute atomic E-state index is 12.4. The highest BCUT2D eigenvalue weighted by Crippen LogP contribution is 2.15. The standard InChI is InChI=1S/C16H24N2O2/c1-3-18(14-9-10-17-12-14)16(19)11-13-5-7-15(8-6-13)20-4-2/h5-8,14,17H,3-4,9-12H2,1-2H3. The van der Waals surface area contributed by atoms with Crippen LogP contribution < -0.4 is 10.1 Å². The molecule has 0 saturated carbocycles. The summed E-state index contributed by atoms with van der Waals surface area (Å²) in [5, 5.41) is 3.32. The SMILES string of the molecule is CCOc1ccc(CC(=O)N(CC)C2CCNC2)cc1. The van der Waals surface area contributed by atoms with Crippen LogP contribution in [0.25, 0.3) is 0 Å². The van der Waals surface area contributed by atoms with Crippen LogP contribution in [0.2, 0.25) is 0 Å². The monoisotopic (exact) mass is 276 g/mol. The minimum Gasteiger partial charge on any atom is -0.494 e. The molecule has 1 aliphatic heterocycles. The van der Waals surface area contributed by atoms with Gasteiger partial charge >= 0.3 is 0 Å². The highest BCUT2D eigenvalue weighted by atomic mass is 16.5. The van der Waals surface area contributed by atoms with Gasteiger partial charge in [-0.3, -0.25) is 4.79 Å². The van der Waals surface area contributed by atoms with Gasteiger partial charge in [-0.05, 0) is 44.5 Å². The molecule has 1 heterocycles. The number of carbonyl (C=O) groups is 1. The van der Waals surface area contributed by atoms with Crippen LogP contribution in [-0.2, 0) is 11.2 Å². The van der Waals surface area contributed by atoms with Gasteiger partial charge in [-0.2, -0.15) is 0 Å². The predicted molar refractivity (Wildman–Crippen MR) is 80.0 cm³/mol. The number of ether oxygens (including phenoxy) is 1. The van der Waals surface area contributed by atoms with Gasteiger partial charge in [0, 0.05) is 19.1 Å². The lowest BCUT2D eigenvalue weighted by atomic mass is 10.1. The molecule has 1 aliphatic rings. The average Bonchev–Trinajstić information content (AvgIpc) is 2.96. The van der Waals surface area contributed by atoms with Gasteiger partial charge in [-0.1, -0.05) is 12.1 Å². The second kappa shape index (κ2) is 7.29. The fourth-order valence-electron chi connectivity index (χ4n) is 2.69. The molecular weight excluding hydrogens is 252 g/mol. The Kier molecular flexibility index (Phi) is 5.41. The first kappa shape index (κ1) is 14.9. The number of carbonyl (C=O) groups excluding carboxylic acids is 1. The molecule has 1 atom stereocenters. The first-order valence-corrected chi connectivity index (χ1v) is 7.46. The highest BCUT2D eigenvalue weighted by Gasteiger charge is 2.24. The van der Waals surface area contributed by atoms with E-state index >= 15 is 0 Å². The number of rotatable bonds is 6. The van der Waals surface area contributed by atoms with Crippen molar-refractivity contribution < 1.29 is 9.53 Å². The van der Waals surface area contributed by atoms with Gasteiger partial charge in [-0.15, -0.1) is 0 Å².